The minimum Gasteiger partial charge on any atom is -0.368 e. The Kier molecular flexibility index (Phi) is 1.33. The van der Waals surface area contributed by atoms with Gasteiger partial charge in [0.15, 0.2) is 5.82 Å². The third-order valence-corrected chi connectivity index (χ3v) is 1.55. The summed E-state index contributed by atoms with van der Waals surface area (Å²) in [6, 6.07) is 0. The second-order valence-corrected chi connectivity index (χ2v) is 2.40. The summed E-state index contributed by atoms with van der Waals surface area (Å²) in [5.74, 6) is 0.981. The molecule has 62 valence electrons. The molecule has 0 aromatic carbocycles. The maximum absolute atomic E-state index is 5.51. The summed E-state index contributed by atoms with van der Waals surface area (Å²) in [4.78, 5) is 4.02. The van der Waals surface area contributed by atoms with Crippen LogP contribution < -0.4 is 5.73 Å². The van der Waals surface area contributed by atoms with Crippen molar-refractivity contribution in [1.29, 1.82) is 0 Å². The Labute approximate surface area is 68.4 Å². The summed E-state index contributed by atoms with van der Waals surface area (Å²) in [5, 5.41) is 10.5. The number of hydrogen-bond acceptors (Lipinski definition) is 4. The van der Waals surface area contributed by atoms with E-state index in [-0.39, 0.29) is 0 Å². The quantitative estimate of drug-likeness (QED) is 0.610. The average Bonchev–Trinajstić information content (AvgIpc) is 2.61. The number of hydrogen-bond donors (Lipinski definition) is 2. The number of aromatic nitrogens is 5. The SMILES string of the molecule is Cn1nc(-c2cn[nH]c2)nc1N. The minimum atomic E-state index is 0.395. The third-order valence-electron chi connectivity index (χ3n) is 1.55. The zero-order valence-electron chi connectivity index (χ0n) is 6.52. The van der Waals surface area contributed by atoms with Crippen molar-refractivity contribution in [2.24, 2.45) is 7.05 Å². The second-order valence-electron chi connectivity index (χ2n) is 2.40. The molecule has 0 aliphatic rings. The number of nitrogens with zero attached hydrogens (tertiary/aromatic N) is 4. The van der Waals surface area contributed by atoms with Gasteiger partial charge in [-0.05, 0) is 0 Å². The van der Waals surface area contributed by atoms with Gasteiger partial charge in [0.25, 0.3) is 0 Å². The summed E-state index contributed by atoms with van der Waals surface area (Å²) in [7, 11) is 1.74. The van der Waals surface area contributed by atoms with Gasteiger partial charge in [0.05, 0.1) is 11.8 Å². The van der Waals surface area contributed by atoms with Crippen LogP contribution in [-0.2, 0) is 7.05 Å². The molecule has 2 aromatic heterocycles. The Morgan fingerprint density at radius 2 is 2.42 bits per heavy atom. The topological polar surface area (TPSA) is 85.4 Å². The minimum absolute atomic E-state index is 0.395. The molecule has 0 fully saturated rings. The number of H-pyrrole nitrogens is 1. The van der Waals surface area contributed by atoms with E-state index in [1.54, 1.807) is 19.4 Å². The molecule has 2 rings (SSSR count). The van der Waals surface area contributed by atoms with Crippen molar-refractivity contribution in [2.75, 3.05) is 5.73 Å². The van der Waals surface area contributed by atoms with E-state index in [0.29, 0.717) is 11.8 Å². The van der Waals surface area contributed by atoms with Crippen LogP contribution in [0.4, 0.5) is 5.95 Å². The fraction of sp³-hybridized carbons (Fsp3) is 0.167. The third kappa shape index (κ3) is 0.931. The average molecular weight is 164 g/mol. The number of anilines is 1. The zero-order chi connectivity index (χ0) is 8.55. The number of aromatic amines is 1. The fourth-order valence-electron chi connectivity index (χ4n) is 0.892. The molecule has 0 unspecified atom stereocenters. The molecule has 0 saturated heterocycles. The van der Waals surface area contributed by atoms with Crippen LogP contribution >= 0.6 is 0 Å². The number of nitrogen functional groups attached to an aromatic ring is 1. The largest absolute Gasteiger partial charge is 0.368 e. The van der Waals surface area contributed by atoms with Gasteiger partial charge in [-0.1, -0.05) is 0 Å². The second kappa shape index (κ2) is 2.33. The Morgan fingerprint density at radius 3 is 2.92 bits per heavy atom. The summed E-state index contributed by atoms with van der Waals surface area (Å²) < 4.78 is 1.52. The first kappa shape index (κ1) is 6.84. The van der Waals surface area contributed by atoms with E-state index >= 15 is 0 Å². The number of nitrogens with one attached hydrogen (secondary N) is 1. The Hall–Kier alpha value is -1.85. The molecule has 0 bridgehead atoms. The highest BCUT2D eigenvalue weighted by atomic mass is 15.4. The van der Waals surface area contributed by atoms with Gasteiger partial charge in [0.2, 0.25) is 5.95 Å². The van der Waals surface area contributed by atoms with Crippen LogP contribution in [-0.4, -0.2) is 25.0 Å². The van der Waals surface area contributed by atoms with Gasteiger partial charge in [-0.3, -0.25) is 5.10 Å². The lowest BCUT2D eigenvalue weighted by molar-refractivity contribution is 0.781. The highest BCUT2D eigenvalue weighted by Gasteiger charge is 2.06. The molecular formula is C6H8N6. The van der Waals surface area contributed by atoms with Gasteiger partial charge in [-0.25, -0.2) is 4.68 Å². The maximum atomic E-state index is 5.51. The molecule has 6 heteroatoms. The van der Waals surface area contributed by atoms with Crippen molar-refractivity contribution in [2.45, 2.75) is 0 Å². The van der Waals surface area contributed by atoms with Crippen LogP contribution in [0.5, 0.6) is 0 Å². The van der Waals surface area contributed by atoms with Crippen LogP contribution in [0.3, 0.4) is 0 Å². The lowest BCUT2D eigenvalue weighted by atomic mass is 10.3. The van der Waals surface area contributed by atoms with E-state index in [4.69, 9.17) is 5.73 Å². The highest BCUT2D eigenvalue weighted by molar-refractivity contribution is 5.52. The van der Waals surface area contributed by atoms with Crippen molar-refractivity contribution in [3.8, 4) is 11.4 Å². The van der Waals surface area contributed by atoms with Gasteiger partial charge in [0, 0.05) is 13.2 Å². The molecule has 2 aromatic rings. The van der Waals surface area contributed by atoms with Crippen LogP contribution in [0.15, 0.2) is 12.4 Å². The van der Waals surface area contributed by atoms with Crippen molar-refractivity contribution in [3.63, 3.8) is 0 Å². The van der Waals surface area contributed by atoms with Gasteiger partial charge < -0.3 is 5.73 Å². The first-order valence-corrected chi connectivity index (χ1v) is 3.43. The van der Waals surface area contributed by atoms with Crippen molar-refractivity contribution in [1.82, 2.24) is 25.0 Å². The van der Waals surface area contributed by atoms with Gasteiger partial charge in [0.1, 0.15) is 0 Å². The van der Waals surface area contributed by atoms with E-state index in [1.165, 1.54) is 4.68 Å². The van der Waals surface area contributed by atoms with Gasteiger partial charge in [-0.2, -0.15) is 10.1 Å². The van der Waals surface area contributed by atoms with E-state index < -0.39 is 0 Å². The van der Waals surface area contributed by atoms with Crippen LogP contribution in [0, 0.1) is 0 Å². The van der Waals surface area contributed by atoms with Gasteiger partial charge in [-0.15, -0.1) is 5.10 Å². The molecule has 12 heavy (non-hydrogen) atoms. The van der Waals surface area contributed by atoms with E-state index in [1.807, 2.05) is 0 Å². The highest BCUT2D eigenvalue weighted by Crippen LogP contribution is 2.12. The molecule has 6 nitrogen and oxygen atoms in total. The first-order valence-electron chi connectivity index (χ1n) is 3.43. The molecule has 0 amide bonds. The van der Waals surface area contributed by atoms with E-state index in [0.717, 1.165) is 5.56 Å². The molecule has 0 saturated carbocycles. The Morgan fingerprint density at radius 1 is 1.58 bits per heavy atom. The molecule has 0 radical (unpaired) electrons. The molecule has 0 aliphatic heterocycles. The van der Waals surface area contributed by atoms with Gasteiger partial charge >= 0.3 is 0 Å². The normalized spacial score (nSPS) is 10.4. The van der Waals surface area contributed by atoms with Crippen molar-refractivity contribution in [3.05, 3.63) is 12.4 Å². The summed E-state index contributed by atoms with van der Waals surface area (Å²) in [6.45, 7) is 0. The Bertz CT molecular complexity index is 353. The van der Waals surface area contributed by atoms with Crippen molar-refractivity contribution < 1.29 is 0 Å². The maximum Gasteiger partial charge on any atom is 0.218 e. The molecule has 3 N–H and O–H groups in total. The number of aryl methyl sites for hydroxylation is 1. The molecule has 0 spiro atoms. The summed E-state index contributed by atoms with van der Waals surface area (Å²) in [6.07, 6.45) is 3.36. The van der Waals surface area contributed by atoms with Crippen LogP contribution in [0.2, 0.25) is 0 Å². The van der Waals surface area contributed by atoms with E-state index in [2.05, 4.69) is 20.3 Å². The summed E-state index contributed by atoms with van der Waals surface area (Å²) >= 11 is 0. The molecule has 2 heterocycles. The number of rotatable bonds is 1. The summed E-state index contributed by atoms with van der Waals surface area (Å²) in [5.41, 5.74) is 6.34. The number of nitrogens with two attached hydrogens (primary N) is 1. The predicted octanol–water partition coefficient (Wildman–Crippen LogP) is -0.213. The van der Waals surface area contributed by atoms with Crippen LogP contribution in [0.1, 0.15) is 0 Å². The lowest BCUT2D eigenvalue weighted by Gasteiger charge is -1.85. The predicted molar refractivity (Wildman–Crippen MR) is 43.0 cm³/mol. The standard InChI is InChI=1S/C6H8N6/c1-12-6(7)10-5(11-12)4-2-8-9-3-4/h2-3H,1H3,(H,8,9)(H2,7,10,11). The molecule has 0 atom stereocenters. The molecular weight excluding hydrogens is 156 g/mol. The van der Waals surface area contributed by atoms with Crippen molar-refractivity contribution >= 4 is 5.95 Å². The smallest absolute Gasteiger partial charge is 0.218 e. The lowest BCUT2D eigenvalue weighted by Crippen LogP contribution is -1.97. The Balaban J connectivity index is 2.48. The first-order chi connectivity index (χ1) is 5.77. The molecule has 0 aliphatic carbocycles. The van der Waals surface area contributed by atoms with E-state index in [9.17, 15) is 0 Å². The zero-order valence-corrected chi connectivity index (χ0v) is 6.52. The fourth-order valence-corrected chi connectivity index (χ4v) is 0.892. The monoisotopic (exact) mass is 164 g/mol. The van der Waals surface area contributed by atoms with Crippen LogP contribution in [0.25, 0.3) is 11.4 Å².